The SMILES string of the molecule is CCCCOCCN1C(=O)C(CCC)NC1c1cccs1. The lowest BCUT2D eigenvalue weighted by molar-refractivity contribution is -0.131. The van der Waals surface area contributed by atoms with E-state index in [1.54, 1.807) is 11.3 Å². The van der Waals surface area contributed by atoms with Crippen LogP contribution in [0.5, 0.6) is 0 Å². The smallest absolute Gasteiger partial charge is 0.241 e. The van der Waals surface area contributed by atoms with Crippen molar-refractivity contribution >= 4 is 17.2 Å². The minimum atomic E-state index is -0.0438. The predicted molar refractivity (Wildman–Crippen MR) is 86.3 cm³/mol. The van der Waals surface area contributed by atoms with E-state index in [1.807, 2.05) is 11.0 Å². The molecule has 1 saturated heterocycles. The van der Waals surface area contributed by atoms with E-state index in [4.69, 9.17) is 4.74 Å². The Morgan fingerprint density at radius 3 is 2.86 bits per heavy atom. The van der Waals surface area contributed by atoms with Gasteiger partial charge in [-0.1, -0.05) is 32.8 Å². The lowest BCUT2D eigenvalue weighted by atomic mass is 10.2. The highest BCUT2D eigenvalue weighted by Gasteiger charge is 2.39. The Kier molecular flexibility index (Phi) is 6.67. The fourth-order valence-electron chi connectivity index (χ4n) is 2.61. The van der Waals surface area contributed by atoms with Gasteiger partial charge >= 0.3 is 0 Å². The summed E-state index contributed by atoms with van der Waals surface area (Å²) in [4.78, 5) is 15.7. The number of carbonyl (C=O) groups is 1. The maximum Gasteiger partial charge on any atom is 0.241 e. The first-order valence-corrected chi connectivity index (χ1v) is 8.83. The molecule has 1 aromatic heterocycles. The summed E-state index contributed by atoms with van der Waals surface area (Å²) in [6, 6.07) is 4.09. The molecule has 0 aromatic carbocycles. The van der Waals surface area contributed by atoms with Crippen LogP contribution in [0, 0.1) is 0 Å². The number of rotatable bonds is 9. The van der Waals surface area contributed by atoms with E-state index in [2.05, 4.69) is 30.6 Å². The number of hydrogen-bond donors (Lipinski definition) is 1. The van der Waals surface area contributed by atoms with E-state index < -0.39 is 0 Å². The number of unbranched alkanes of at least 4 members (excludes halogenated alkanes) is 1. The Morgan fingerprint density at radius 2 is 2.19 bits per heavy atom. The van der Waals surface area contributed by atoms with Gasteiger partial charge in [-0.15, -0.1) is 11.3 Å². The predicted octanol–water partition coefficient (Wildman–Crippen LogP) is 3.16. The topological polar surface area (TPSA) is 41.6 Å². The molecule has 0 bridgehead atoms. The van der Waals surface area contributed by atoms with Crippen molar-refractivity contribution in [3.63, 3.8) is 0 Å². The summed E-state index contributed by atoms with van der Waals surface area (Å²) in [5.41, 5.74) is 0. The Hall–Kier alpha value is -0.910. The van der Waals surface area contributed by atoms with Crippen molar-refractivity contribution in [3.8, 4) is 0 Å². The Labute approximate surface area is 131 Å². The molecule has 0 aliphatic carbocycles. The van der Waals surface area contributed by atoms with Crippen molar-refractivity contribution < 1.29 is 9.53 Å². The maximum atomic E-state index is 12.5. The van der Waals surface area contributed by atoms with Crippen LogP contribution in [0.3, 0.4) is 0 Å². The van der Waals surface area contributed by atoms with Gasteiger partial charge in [0.2, 0.25) is 5.91 Å². The molecule has 0 saturated carbocycles. The van der Waals surface area contributed by atoms with Gasteiger partial charge in [0.1, 0.15) is 6.17 Å². The third-order valence-corrected chi connectivity index (χ3v) is 4.69. The normalized spacial score (nSPS) is 22.2. The highest BCUT2D eigenvalue weighted by Crippen LogP contribution is 2.29. The average molecular weight is 310 g/mol. The van der Waals surface area contributed by atoms with Gasteiger partial charge in [-0.2, -0.15) is 0 Å². The number of hydrogen-bond acceptors (Lipinski definition) is 4. The van der Waals surface area contributed by atoms with Crippen LogP contribution in [0.4, 0.5) is 0 Å². The minimum Gasteiger partial charge on any atom is -0.380 e. The van der Waals surface area contributed by atoms with E-state index in [1.165, 1.54) is 4.88 Å². The van der Waals surface area contributed by atoms with Crippen LogP contribution in [0.2, 0.25) is 0 Å². The van der Waals surface area contributed by atoms with Crippen molar-refractivity contribution in [1.29, 1.82) is 0 Å². The number of carbonyl (C=O) groups excluding carboxylic acids is 1. The van der Waals surface area contributed by atoms with Gasteiger partial charge in [0.25, 0.3) is 0 Å². The summed E-state index contributed by atoms with van der Waals surface area (Å²) in [5, 5.41) is 5.54. The second kappa shape index (κ2) is 8.51. The zero-order valence-corrected chi connectivity index (χ0v) is 13.8. The molecule has 2 heterocycles. The van der Waals surface area contributed by atoms with Crippen molar-refractivity contribution in [2.75, 3.05) is 19.8 Å². The minimum absolute atomic E-state index is 0.0174. The summed E-state index contributed by atoms with van der Waals surface area (Å²) < 4.78 is 5.63. The molecule has 0 spiro atoms. The molecule has 1 amide bonds. The third-order valence-electron chi connectivity index (χ3n) is 3.76. The zero-order valence-electron chi connectivity index (χ0n) is 13.0. The van der Waals surface area contributed by atoms with Crippen LogP contribution in [-0.4, -0.2) is 36.6 Å². The molecule has 1 aromatic rings. The first kappa shape index (κ1) is 16.5. The first-order chi connectivity index (χ1) is 10.3. The lowest BCUT2D eigenvalue weighted by Crippen LogP contribution is -2.33. The molecule has 5 heteroatoms. The second-order valence-corrected chi connectivity index (χ2v) is 6.40. The molecule has 21 heavy (non-hydrogen) atoms. The summed E-state index contributed by atoms with van der Waals surface area (Å²) in [6.07, 6.45) is 4.15. The quantitative estimate of drug-likeness (QED) is 0.712. The number of thiophene rings is 1. The van der Waals surface area contributed by atoms with Gasteiger partial charge in [0.15, 0.2) is 0 Å². The van der Waals surface area contributed by atoms with Crippen LogP contribution in [-0.2, 0) is 9.53 Å². The largest absolute Gasteiger partial charge is 0.380 e. The van der Waals surface area contributed by atoms with Crippen molar-refractivity contribution in [2.24, 2.45) is 0 Å². The second-order valence-electron chi connectivity index (χ2n) is 5.42. The molecule has 2 rings (SSSR count). The molecular weight excluding hydrogens is 284 g/mol. The number of amides is 1. The summed E-state index contributed by atoms with van der Waals surface area (Å²) in [5.74, 6) is 0.217. The fraction of sp³-hybridized carbons (Fsp3) is 0.688. The molecule has 2 unspecified atom stereocenters. The van der Waals surface area contributed by atoms with Crippen molar-refractivity contribution in [2.45, 2.75) is 51.7 Å². The molecular formula is C16H26N2O2S. The molecule has 2 atom stereocenters. The number of ether oxygens (including phenoxy) is 1. The van der Waals surface area contributed by atoms with E-state index in [-0.39, 0.29) is 18.1 Å². The maximum absolute atomic E-state index is 12.5. The van der Waals surface area contributed by atoms with Gasteiger partial charge in [-0.05, 0) is 24.3 Å². The zero-order chi connectivity index (χ0) is 15.1. The standard InChI is InChI=1S/C16H26N2O2S/c1-3-5-10-20-11-9-18-15(14-8-6-12-21-14)17-13(7-4-2)16(18)19/h6,8,12-13,15,17H,3-5,7,9-11H2,1-2H3. The third kappa shape index (κ3) is 4.28. The summed E-state index contributed by atoms with van der Waals surface area (Å²) in [6.45, 7) is 6.34. The molecule has 1 aliphatic rings. The van der Waals surface area contributed by atoms with Crippen LogP contribution < -0.4 is 5.32 Å². The van der Waals surface area contributed by atoms with E-state index in [0.29, 0.717) is 13.2 Å². The van der Waals surface area contributed by atoms with Crippen LogP contribution in [0.1, 0.15) is 50.6 Å². The van der Waals surface area contributed by atoms with Gasteiger partial charge in [0.05, 0.1) is 12.6 Å². The number of nitrogens with zero attached hydrogens (tertiary/aromatic N) is 1. The van der Waals surface area contributed by atoms with Gasteiger partial charge < -0.3 is 9.64 Å². The summed E-state index contributed by atoms with van der Waals surface area (Å²) >= 11 is 1.70. The first-order valence-electron chi connectivity index (χ1n) is 7.95. The van der Waals surface area contributed by atoms with E-state index >= 15 is 0 Å². The molecule has 1 aliphatic heterocycles. The van der Waals surface area contributed by atoms with Crippen LogP contribution >= 0.6 is 11.3 Å². The number of nitrogens with one attached hydrogen (secondary N) is 1. The van der Waals surface area contributed by atoms with E-state index in [9.17, 15) is 4.79 Å². The Morgan fingerprint density at radius 1 is 1.33 bits per heavy atom. The van der Waals surface area contributed by atoms with Gasteiger partial charge in [-0.25, -0.2) is 0 Å². The monoisotopic (exact) mass is 310 g/mol. The Bertz CT molecular complexity index is 422. The van der Waals surface area contributed by atoms with Crippen molar-refractivity contribution in [1.82, 2.24) is 10.2 Å². The van der Waals surface area contributed by atoms with Gasteiger partial charge in [0, 0.05) is 18.0 Å². The highest BCUT2D eigenvalue weighted by molar-refractivity contribution is 7.10. The lowest BCUT2D eigenvalue weighted by Gasteiger charge is -2.23. The van der Waals surface area contributed by atoms with Crippen LogP contribution in [0.25, 0.3) is 0 Å². The average Bonchev–Trinajstić information content (AvgIpc) is 3.10. The molecule has 4 nitrogen and oxygen atoms in total. The van der Waals surface area contributed by atoms with Gasteiger partial charge in [-0.3, -0.25) is 10.1 Å². The fourth-order valence-corrected chi connectivity index (χ4v) is 3.40. The molecule has 1 N–H and O–H groups in total. The van der Waals surface area contributed by atoms with Crippen molar-refractivity contribution in [3.05, 3.63) is 22.4 Å². The van der Waals surface area contributed by atoms with E-state index in [0.717, 1.165) is 32.3 Å². The molecule has 0 radical (unpaired) electrons. The molecule has 1 fully saturated rings. The Balaban J connectivity index is 1.94. The van der Waals surface area contributed by atoms with Crippen LogP contribution in [0.15, 0.2) is 17.5 Å². The molecule has 118 valence electrons. The summed E-state index contributed by atoms with van der Waals surface area (Å²) in [7, 11) is 0. The highest BCUT2D eigenvalue weighted by atomic mass is 32.1.